The molecule has 7 heteroatoms. The van der Waals surface area contributed by atoms with Crippen LogP contribution in [0.4, 0.5) is 0 Å². The van der Waals surface area contributed by atoms with Crippen LogP contribution in [-0.2, 0) is 10.0 Å². The number of hydrogen-bond acceptors (Lipinski definition) is 4. The van der Waals surface area contributed by atoms with Gasteiger partial charge in [-0.2, -0.15) is 0 Å². The Morgan fingerprint density at radius 3 is 2.94 bits per heavy atom. The largest absolute Gasteiger partial charge is 0.315 e. The van der Waals surface area contributed by atoms with Crippen LogP contribution >= 0.6 is 27.3 Å². The van der Waals surface area contributed by atoms with Gasteiger partial charge in [0.25, 0.3) is 0 Å². The summed E-state index contributed by atoms with van der Waals surface area (Å²) in [6.07, 6.45) is 3.07. The minimum atomic E-state index is -3.40. The van der Waals surface area contributed by atoms with Crippen LogP contribution in [0.2, 0.25) is 0 Å². The normalized spacial score (nSPS) is 21.8. The molecule has 102 valence electrons. The number of aryl methyl sites for hydroxylation is 1. The number of hydrogen-bond donors (Lipinski definition) is 2. The molecule has 0 radical (unpaired) electrons. The molecule has 0 spiro atoms. The zero-order valence-electron chi connectivity index (χ0n) is 10.2. The molecule has 1 aromatic heterocycles. The molecule has 1 unspecified atom stereocenters. The molecule has 1 aliphatic heterocycles. The van der Waals surface area contributed by atoms with E-state index in [9.17, 15) is 8.42 Å². The summed E-state index contributed by atoms with van der Waals surface area (Å²) in [5.74, 6) is 0. The minimum absolute atomic E-state index is 0.00410. The van der Waals surface area contributed by atoms with E-state index in [0.29, 0.717) is 11.4 Å². The van der Waals surface area contributed by atoms with Gasteiger partial charge in [-0.05, 0) is 48.3 Å². The lowest BCUT2D eigenvalue weighted by molar-refractivity contribution is 0.521. The highest BCUT2D eigenvalue weighted by molar-refractivity contribution is 9.11. The van der Waals surface area contributed by atoms with Crippen molar-refractivity contribution in [3.8, 4) is 0 Å². The van der Waals surface area contributed by atoms with E-state index in [4.69, 9.17) is 0 Å². The van der Waals surface area contributed by atoms with E-state index < -0.39 is 10.0 Å². The molecule has 0 aliphatic carbocycles. The van der Waals surface area contributed by atoms with Gasteiger partial charge in [0.15, 0.2) is 0 Å². The number of thiophene rings is 1. The van der Waals surface area contributed by atoms with Gasteiger partial charge in [-0.15, -0.1) is 11.3 Å². The van der Waals surface area contributed by atoms with Gasteiger partial charge >= 0.3 is 0 Å². The first-order chi connectivity index (χ1) is 8.49. The summed E-state index contributed by atoms with van der Waals surface area (Å²) in [5, 5.41) is 3.26. The van der Waals surface area contributed by atoms with Crippen molar-refractivity contribution in [2.45, 2.75) is 37.1 Å². The molecule has 4 nitrogen and oxygen atoms in total. The average molecular weight is 353 g/mol. The highest BCUT2D eigenvalue weighted by Gasteiger charge is 2.23. The van der Waals surface area contributed by atoms with Crippen LogP contribution in [0.3, 0.4) is 0 Å². The van der Waals surface area contributed by atoms with Crippen LogP contribution in [0, 0.1) is 6.92 Å². The summed E-state index contributed by atoms with van der Waals surface area (Å²) in [6.45, 7) is 3.51. The molecule has 0 saturated carbocycles. The van der Waals surface area contributed by atoms with Gasteiger partial charge in [-0.1, -0.05) is 6.42 Å². The van der Waals surface area contributed by atoms with E-state index in [0.717, 1.165) is 34.5 Å². The van der Waals surface area contributed by atoms with Gasteiger partial charge in [0, 0.05) is 17.5 Å². The third-order valence-corrected chi connectivity index (χ3v) is 6.33. The maximum absolute atomic E-state index is 12.3. The molecule has 1 saturated heterocycles. The molecule has 2 N–H and O–H groups in total. The molecular formula is C11H17BrN2O2S2. The Labute approximate surface area is 120 Å². The summed E-state index contributed by atoms with van der Waals surface area (Å²) < 4.78 is 28.2. The van der Waals surface area contributed by atoms with Crippen LogP contribution in [0.15, 0.2) is 14.7 Å². The fourth-order valence-electron chi connectivity index (χ4n) is 2.10. The van der Waals surface area contributed by atoms with E-state index in [1.54, 1.807) is 6.07 Å². The van der Waals surface area contributed by atoms with Crippen LogP contribution in [0.5, 0.6) is 0 Å². The lowest BCUT2D eigenvalue weighted by atomic mass is 10.2. The van der Waals surface area contributed by atoms with Gasteiger partial charge in [0.05, 0.1) is 8.68 Å². The standard InChI is InChI=1S/C11H17BrN2O2S2/c1-8-10(6-11(12)17-8)18(15,16)14-9-4-2-3-5-13-7-9/h6,9,13-14H,2-5,7H2,1H3. The predicted octanol–water partition coefficient (Wildman–Crippen LogP) is 2.24. The second kappa shape index (κ2) is 6.00. The number of nitrogens with one attached hydrogen (secondary N) is 2. The van der Waals surface area contributed by atoms with Crippen LogP contribution in [0.25, 0.3) is 0 Å². The third-order valence-electron chi connectivity index (χ3n) is 3.00. The second-order valence-corrected chi connectivity index (χ2v) is 8.81. The Bertz CT molecular complexity index is 505. The van der Waals surface area contributed by atoms with Crippen molar-refractivity contribution in [2.24, 2.45) is 0 Å². The SMILES string of the molecule is Cc1sc(Br)cc1S(=O)(=O)NC1CCCCNC1. The van der Waals surface area contributed by atoms with E-state index in [2.05, 4.69) is 26.0 Å². The first kappa shape index (κ1) is 14.5. The zero-order valence-corrected chi connectivity index (χ0v) is 13.4. The van der Waals surface area contributed by atoms with E-state index in [-0.39, 0.29) is 6.04 Å². The summed E-state index contributed by atoms with van der Waals surface area (Å²) in [5.41, 5.74) is 0. The molecule has 0 bridgehead atoms. The Morgan fingerprint density at radius 2 is 2.28 bits per heavy atom. The summed E-state index contributed by atoms with van der Waals surface area (Å²) in [4.78, 5) is 1.21. The first-order valence-electron chi connectivity index (χ1n) is 5.98. The maximum Gasteiger partial charge on any atom is 0.241 e. The van der Waals surface area contributed by atoms with Crippen LogP contribution in [-0.4, -0.2) is 27.5 Å². The lowest BCUT2D eigenvalue weighted by Crippen LogP contribution is -2.40. The zero-order chi connectivity index (χ0) is 13.2. The van der Waals surface area contributed by atoms with Crippen LogP contribution in [0.1, 0.15) is 24.1 Å². The Balaban J connectivity index is 2.13. The summed E-state index contributed by atoms with van der Waals surface area (Å²) >= 11 is 4.77. The van der Waals surface area contributed by atoms with Crippen molar-refractivity contribution in [3.05, 3.63) is 14.7 Å². The molecule has 1 atom stereocenters. The van der Waals surface area contributed by atoms with E-state index in [1.807, 2.05) is 6.92 Å². The molecule has 1 aromatic rings. The number of sulfonamides is 1. The monoisotopic (exact) mass is 352 g/mol. The van der Waals surface area contributed by atoms with Gasteiger partial charge in [-0.25, -0.2) is 13.1 Å². The highest BCUT2D eigenvalue weighted by atomic mass is 79.9. The summed E-state index contributed by atoms with van der Waals surface area (Å²) in [7, 11) is -3.40. The first-order valence-corrected chi connectivity index (χ1v) is 9.07. The fourth-order valence-corrected chi connectivity index (χ4v) is 5.78. The molecule has 1 fully saturated rings. The fraction of sp³-hybridized carbons (Fsp3) is 0.636. The van der Waals surface area contributed by atoms with Crippen molar-refractivity contribution in [1.82, 2.24) is 10.0 Å². The molecular weight excluding hydrogens is 336 g/mol. The second-order valence-electron chi connectivity index (χ2n) is 4.49. The quantitative estimate of drug-likeness (QED) is 0.876. The predicted molar refractivity (Wildman–Crippen MR) is 77.6 cm³/mol. The van der Waals surface area contributed by atoms with Crippen molar-refractivity contribution < 1.29 is 8.42 Å². The van der Waals surface area contributed by atoms with Gasteiger partial charge in [0.1, 0.15) is 0 Å². The van der Waals surface area contributed by atoms with Crippen molar-refractivity contribution in [3.63, 3.8) is 0 Å². The number of halogens is 1. The molecule has 0 aromatic carbocycles. The molecule has 2 heterocycles. The van der Waals surface area contributed by atoms with Gasteiger partial charge < -0.3 is 5.32 Å². The Morgan fingerprint density at radius 1 is 1.50 bits per heavy atom. The van der Waals surface area contributed by atoms with E-state index >= 15 is 0 Å². The molecule has 1 aliphatic rings. The van der Waals surface area contributed by atoms with E-state index in [1.165, 1.54) is 11.3 Å². The topological polar surface area (TPSA) is 58.2 Å². The summed E-state index contributed by atoms with van der Waals surface area (Å²) in [6, 6.07) is 1.67. The number of rotatable bonds is 3. The molecule has 18 heavy (non-hydrogen) atoms. The third kappa shape index (κ3) is 3.54. The van der Waals surface area contributed by atoms with Crippen molar-refractivity contribution in [2.75, 3.05) is 13.1 Å². The average Bonchev–Trinajstić information content (AvgIpc) is 2.51. The van der Waals surface area contributed by atoms with Gasteiger partial charge in [0.2, 0.25) is 10.0 Å². The minimum Gasteiger partial charge on any atom is -0.315 e. The van der Waals surface area contributed by atoms with Crippen LogP contribution < -0.4 is 10.0 Å². The molecule has 0 amide bonds. The Kier molecular flexibility index (Phi) is 4.82. The van der Waals surface area contributed by atoms with Crippen molar-refractivity contribution >= 4 is 37.3 Å². The highest BCUT2D eigenvalue weighted by Crippen LogP contribution is 2.29. The Hall–Kier alpha value is 0.0500. The lowest BCUT2D eigenvalue weighted by Gasteiger charge is -2.16. The maximum atomic E-state index is 12.3. The van der Waals surface area contributed by atoms with Crippen molar-refractivity contribution in [1.29, 1.82) is 0 Å². The van der Waals surface area contributed by atoms with Gasteiger partial charge in [-0.3, -0.25) is 0 Å². The smallest absolute Gasteiger partial charge is 0.241 e. The molecule has 2 rings (SSSR count).